The molecule has 0 aliphatic carbocycles. The molecule has 1 atom stereocenters. The lowest BCUT2D eigenvalue weighted by atomic mass is 10.1. The van der Waals surface area contributed by atoms with Crippen LogP contribution in [0.3, 0.4) is 0 Å². The lowest BCUT2D eigenvalue weighted by Crippen LogP contribution is -2.47. The zero-order valence-corrected chi connectivity index (χ0v) is 17.9. The zero-order chi connectivity index (χ0) is 21.8. The van der Waals surface area contributed by atoms with E-state index in [0.717, 1.165) is 22.7 Å². The van der Waals surface area contributed by atoms with Gasteiger partial charge in [0, 0.05) is 17.8 Å². The number of thiazole rings is 1. The second kappa shape index (κ2) is 8.96. The van der Waals surface area contributed by atoms with Gasteiger partial charge in [0.1, 0.15) is 16.8 Å². The van der Waals surface area contributed by atoms with E-state index in [4.69, 9.17) is 0 Å². The molecule has 4 rings (SSSR count). The summed E-state index contributed by atoms with van der Waals surface area (Å²) in [6, 6.07) is 12.9. The topological polar surface area (TPSA) is 92.6 Å². The number of nitrogens with zero attached hydrogens (tertiary/aromatic N) is 2. The van der Waals surface area contributed by atoms with E-state index >= 15 is 0 Å². The number of fused-ring (bicyclic) bond motifs is 1. The lowest BCUT2D eigenvalue weighted by Gasteiger charge is -2.19. The van der Waals surface area contributed by atoms with E-state index in [-0.39, 0.29) is 13.0 Å². The molecule has 0 aliphatic rings. The second-order valence-electron chi connectivity index (χ2n) is 6.84. The molecular weight excluding hydrogens is 439 g/mol. The van der Waals surface area contributed by atoms with E-state index in [1.165, 1.54) is 23.5 Å². The maximum Gasteiger partial charge on any atom is 0.244 e. The van der Waals surface area contributed by atoms with E-state index in [2.05, 4.69) is 15.0 Å². The molecule has 31 heavy (non-hydrogen) atoms. The van der Waals surface area contributed by atoms with Gasteiger partial charge < -0.3 is 5.32 Å². The van der Waals surface area contributed by atoms with Crippen molar-refractivity contribution in [1.29, 1.82) is 0 Å². The molecule has 0 fully saturated rings. The minimum Gasteiger partial charge on any atom is -0.349 e. The van der Waals surface area contributed by atoms with Crippen LogP contribution in [0, 0.1) is 5.82 Å². The Labute approximate surface area is 182 Å². The van der Waals surface area contributed by atoms with Crippen LogP contribution in [0.1, 0.15) is 11.3 Å². The molecule has 0 aliphatic heterocycles. The first kappa shape index (κ1) is 21.2. The van der Waals surface area contributed by atoms with Crippen LogP contribution in [0.2, 0.25) is 0 Å². The summed E-state index contributed by atoms with van der Waals surface area (Å²) in [5.41, 5.74) is 1.41. The normalized spacial score (nSPS) is 12.7. The summed E-state index contributed by atoms with van der Waals surface area (Å²) in [5.74, 6) is -1.41. The van der Waals surface area contributed by atoms with Crippen LogP contribution in [0.5, 0.6) is 0 Å². The molecule has 0 bridgehead atoms. The van der Waals surface area contributed by atoms with E-state index < -0.39 is 32.7 Å². The minimum atomic E-state index is -4.25. The number of halogens is 1. The van der Waals surface area contributed by atoms with Gasteiger partial charge in [-0.25, -0.2) is 17.8 Å². The molecule has 0 saturated heterocycles. The number of sulfonamides is 1. The number of carbonyl (C=O) groups is 1. The van der Waals surface area contributed by atoms with Gasteiger partial charge in [0.25, 0.3) is 0 Å². The van der Waals surface area contributed by atoms with Gasteiger partial charge in [-0.1, -0.05) is 42.5 Å². The minimum absolute atomic E-state index is 0.110. The summed E-state index contributed by atoms with van der Waals surface area (Å²) in [5, 5.41) is 4.63. The number of amides is 1. The SMILES string of the molecule is O=C(NCc1cn2ccsc2n1)C(Cc1ccccc1)NS(=O)(=O)c1ccccc1F. The Morgan fingerprint density at radius 1 is 1.13 bits per heavy atom. The fourth-order valence-corrected chi connectivity index (χ4v) is 5.11. The van der Waals surface area contributed by atoms with Crippen LogP contribution >= 0.6 is 11.3 Å². The van der Waals surface area contributed by atoms with Crippen molar-refractivity contribution >= 4 is 32.2 Å². The predicted molar refractivity (Wildman–Crippen MR) is 116 cm³/mol. The molecule has 160 valence electrons. The van der Waals surface area contributed by atoms with Gasteiger partial charge in [0.15, 0.2) is 4.96 Å². The van der Waals surface area contributed by atoms with Gasteiger partial charge in [-0.3, -0.25) is 9.20 Å². The van der Waals surface area contributed by atoms with Crippen molar-refractivity contribution in [2.45, 2.75) is 23.9 Å². The van der Waals surface area contributed by atoms with Crippen molar-refractivity contribution in [3.63, 3.8) is 0 Å². The third kappa shape index (κ3) is 4.98. The molecular formula is C21H19FN4O3S2. The van der Waals surface area contributed by atoms with Gasteiger partial charge >= 0.3 is 0 Å². The average molecular weight is 459 g/mol. The fraction of sp³-hybridized carbons (Fsp3) is 0.143. The van der Waals surface area contributed by atoms with Crippen molar-refractivity contribution < 1.29 is 17.6 Å². The zero-order valence-electron chi connectivity index (χ0n) is 16.2. The van der Waals surface area contributed by atoms with E-state index in [1.54, 1.807) is 30.5 Å². The molecule has 7 nitrogen and oxygen atoms in total. The van der Waals surface area contributed by atoms with E-state index in [1.807, 2.05) is 22.0 Å². The molecule has 0 radical (unpaired) electrons. The quantitative estimate of drug-likeness (QED) is 0.425. The Bertz CT molecular complexity index is 1270. The van der Waals surface area contributed by atoms with E-state index in [0.29, 0.717) is 5.69 Å². The third-order valence-corrected chi connectivity index (χ3v) is 6.89. The smallest absolute Gasteiger partial charge is 0.244 e. The Balaban J connectivity index is 1.53. The molecule has 2 aromatic heterocycles. The van der Waals surface area contributed by atoms with Crippen LogP contribution in [-0.4, -0.2) is 29.8 Å². The maximum atomic E-state index is 14.1. The Morgan fingerprint density at radius 3 is 2.61 bits per heavy atom. The summed E-state index contributed by atoms with van der Waals surface area (Å²) in [4.78, 5) is 17.6. The molecule has 1 unspecified atom stereocenters. The van der Waals surface area contributed by atoms with Gasteiger partial charge in [0.05, 0.1) is 12.2 Å². The largest absolute Gasteiger partial charge is 0.349 e. The summed E-state index contributed by atoms with van der Waals surface area (Å²) in [7, 11) is -4.25. The van der Waals surface area contributed by atoms with Crippen molar-refractivity contribution in [2.75, 3.05) is 0 Å². The highest BCUT2D eigenvalue weighted by molar-refractivity contribution is 7.89. The maximum absolute atomic E-state index is 14.1. The number of benzene rings is 2. The number of carbonyl (C=O) groups excluding carboxylic acids is 1. The predicted octanol–water partition coefficient (Wildman–Crippen LogP) is 2.74. The number of aromatic nitrogens is 2. The van der Waals surface area contributed by atoms with Crippen molar-refractivity contribution in [2.24, 2.45) is 0 Å². The van der Waals surface area contributed by atoms with Crippen LogP contribution < -0.4 is 10.0 Å². The lowest BCUT2D eigenvalue weighted by molar-refractivity contribution is -0.122. The average Bonchev–Trinajstić information content (AvgIpc) is 3.34. The highest BCUT2D eigenvalue weighted by Gasteiger charge is 2.28. The van der Waals surface area contributed by atoms with Crippen molar-refractivity contribution in [1.82, 2.24) is 19.4 Å². The molecule has 2 aromatic carbocycles. The molecule has 10 heteroatoms. The second-order valence-corrected chi connectivity index (χ2v) is 9.39. The molecule has 2 N–H and O–H groups in total. The first-order chi connectivity index (χ1) is 14.9. The molecule has 4 aromatic rings. The first-order valence-corrected chi connectivity index (χ1v) is 11.8. The summed E-state index contributed by atoms with van der Waals surface area (Å²) < 4.78 is 43.8. The first-order valence-electron chi connectivity index (χ1n) is 9.42. The molecule has 2 heterocycles. The number of nitrogens with one attached hydrogen (secondary N) is 2. The molecule has 0 spiro atoms. The fourth-order valence-electron chi connectivity index (χ4n) is 3.11. The highest BCUT2D eigenvalue weighted by atomic mass is 32.2. The van der Waals surface area contributed by atoms with Crippen LogP contribution in [0.15, 0.2) is 77.3 Å². The van der Waals surface area contributed by atoms with Crippen LogP contribution in [0.4, 0.5) is 4.39 Å². The molecule has 1 amide bonds. The molecule has 0 saturated carbocycles. The van der Waals surface area contributed by atoms with Crippen LogP contribution in [0.25, 0.3) is 4.96 Å². The van der Waals surface area contributed by atoms with Gasteiger partial charge in [-0.05, 0) is 24.1 Å². The van der Waals surface area contributed by atoms with Gasteiger partial charge in [-0.15, -0.1) is 11.3 Å². The highest BCUT2D eigenvalue weighted by Crippen LogP contribution is 2.15. The number of imidazole rings is 1. The summed E-state index contributed by atoms with van der Waals surface area (Å²) in [6.45, 7) is 0.139. The van der Waals surface area contributed by atoms with Crippen molar-refractivity contribution in [3.8, 4) is 0 Å². The van der Waals surface area contributed by atoms with Gasteiger partial charge in [0.2, 0.25) is 15.9 Å². The summed E-state index contributed by atoms with van der Waals surface area (Å²) in [6.07, 6.45) is 3.76. The number of hydrogen-bond donors (Lipinski definition) is 2. The Morgan fingerprint density at radius 2 is 1.87 bits per heavy atom. The standard InChI is InChI=1S/C21H19FN4O3S2/c22-17-8-4-5-9-19(17)31(28,29)25-18(12-15-6-2-1-3-7-15)20(27)23-13-16-14-26-10-11-30-21(26)24-16/h1-11,14,18,25H,12-13H2,(H,23,27). The number of hydrogen-bond acceptors (Lipinski definition) is 5. The van der Waals surface area contributed by atoms with Crippen LogP contribution in [-0.2, 0) is 27.8 Å². The van der Waals surface area contributed by atoms with Crippen molar-refractivity contribution in [3.05, 3.63) is 89.4 Å². The third-order valence-electron chi connectivity index (χ3n) is 4.61. The number of rotatable bonds is 8. The van der Waals surface area contributed by atoms with E-state index in [9.17, 15) is 17.6 Å². The van der Waals surface area contributed by atoms with Gasteiger partial charge in [-0.2, -0.15) is 4.72 Å². The monoisotopic (exact) mass is 458 g/mol. The Kier molecular flexibility index (Phi) is 6.12. The Hall–Kier alpha value is -3.08. The summed E-state index contributed by atoms with van der Waals surface area (Å²) >= 11 is 1.47.